The number of Topliss-reactive ketones (excluding diaryl/α,β-unsaturated/α-hetero) is 1. The average Bonchev–Trinajstić information content (AvgIpc) is 2.47. The van der Waals surface area contributed by atoms with Crippen LogP contribution in [0, 0.1) is 0 Å². The smallest absolute Gasteiger partial charge is 0.164 e. The zero-order chi connectivity index (χ0) is 8.97. The standard InChI is InChI=1S/C9H14N2O/c1-11-6-4-8(7-11)9(12)3-2-5-10/h4,6-7H,2-3,5,10H2,1H3. The van der Waals surface area contributed by atoms with Gasteiger partial charge in [-0.3, -0.25) is 4.79 Å². The van der Waals surface area contributed by atoms with Gasteiger partial charge in [0.1, 0.15) is 0 Å². The molecule has 0 radical (unpaired) electrons. The lowest BCUT2D eigenvalue weighted by atomic mass is 10.1. The van der Waals surface area contributed by atoms with Gasteiger partial charge in [0.2, 0.25) is 0 Å². The Bertz CT molecular complexity index is 265. The van der Waals surface area contributed by atoms with E-state index in [-0.39, 0.29) is 5.78 Å². The lowest BCUT2D eigenvalue weighted by Crippen LogP contribution is -2.04. The summed E-state index contributed by atoms with van der Waals surface area (Å²) in [6, 6.07) is 1.83. The van der Waals surface area contributed by atoms with Crippen LogP contribution >= 0.6 is 0 Å². The summed E-state index contributed by atoms with van der Waals surface area (Å²) in [6.07, 6.45) is 5.03. The number of aromatic nitrogens is 1. The van der Waals surface area contributed by atoms with Gasteiger partial charge in [-0.1, -0.05) is 0 Å². The molecule has 0 aliphatic rings. The van der Waals surface area contributed by atoms with Crippen molar-refractivity contribution < 1.29 is 4.79 Å². The highest BCUT2D eigenvalue weighted by Gasteiger charge is 2.04. The van der Waals surface area contributed by atoms with Gasteiger partial charge in [0, 0.05) is 31.4 Å². The van der Waals surface area contributed by atoms with E-state index in [0.717, 1.165) is 12.0 Å². The van der Waals surface area contributed by atoms with E-state index in [0.29, 0.717) is 13.0 Å². The van der Waals surface area contributed by atoms with Crippen molar-refractivity contribution in [3.05, 3.63) is 24.0 Å². The quantitative estimate of drug-likeness (QED) is 0.677. The van der Waals surface area contributed by atoms with Crippen LogP contribution in [0.2, 0.25) is 0 Å². The molecule has 12 heavy (non-hydrogen) atoms. The third-order valence-electron chi connectivity index (χ3n) is 1.76. The molecule has 1 heterocycles. The first-order valence-electron chi connectivity index (χ1n) is 4.09. The topological polar surface area (TPSA) is 48.0 Å². The maximum atomic E-state index is 11.3. The molecule has 0 spiro atoms. The molecule has 0 unspecified atom stereocenters. The van der Waals surface area contributed by atoms with E-state index in [1.54, 1.807) is 0 Å². The summed E-state index contributed by atoms with van der Waals surface area (Å²) in [5.74, 6) is 0.182. The Labute approximate surface area is 72.2 Å². The molecule has 0 fully saturated rings. The molecule has 0 amide bonds. The molecule has 1 aromatic rings. The molecule has 0 aromatic carbocycles. The van der Waals surface area contributed by atoms with E-state index in [1.165, 1.54) is 0 Å². The van der Waals surface area contributed by atoms with Crippen molar-refractivity contribution in [2.45, 2.75) is 12.8 Å². The van der Waals surface area contributed by atoms with Gasteiger partial charge in [0.15, 0.2) is 5.78 Å². The Hall–Kier alpha value is -1.09. The minimum Gasteiger partial charge on any atom is -0.357 e. The normalized spacial score (nSPS) is 10.2. The van der Waals surface area contributed by atoms with Crippen LogP contribution in [0.1, 0.15) is 23.2 Å². The van der Waals surface area contributed by atoms with Crippen molar-refractivity contribution in [3.63, 3.8) is 0 Å². The van der Waals surface area contributed by atoms with Crippen molar-refractivity contribution in [1.82, 2.24) is 4.57 Å². The number of nitrogens with two attached hydrogens (primary N) is 1. The van der Waals surface area contributed by atoms with Crippen LogP contribution in [0.5, 0.6) is 0 Å². The van der Waals surface area contributed by atoms with Crippen LogP contribution in [-0.2, 0) is 7.05 Å². The van der Waals surface area contributed by atoms with E-state index in [1.807, 2.05) is 30.1 Å². The lowest BCUT2D eigenvalue weighted by Gasteiger charge is -1.94. The predicted octanol–water partition coefficient (Wildman–Crippen LogP) is 0.947. The van der Waals surface area contributed by atoms with E-state index < -0.39 is 0 Å². The number of ketones is 1. The van der Waals surface area contributed by atoms with Crippen LogP contribution in [0.4, 0.5) is 0 Å². The maximum Gasteiger partial charge on any atom is 0.164 e. The Morgan fingerprint density at radius 1 is 1.67 bits per heavy atom. The zero-order valence-corrected chi connectivity index (χ0v) is 7.29. The van der Waals surface area contributed by atoms with Crippen molar-refractivity contribution in [1.29, 1.82) is 0 Å². The van der Waals surface area contributed by atoms with Gasteiger partial charge in [-0.2, -0.15) is 0 Å². The second-order valence-electron chi connectivity index (χ2n) is 2.88. The fourth-order valence-electron chi connectivity index (χ4n) is 1.08. The highest BCUT2D eigenvalue weighted by atomic mass is 16.1. The monoisotopic (exact) mass is 166 g/mol. The van der Waals surface area contributed by atoms with Gasteiger partial charge in [-0.05, 0) is 19.0 Å². The summed E-state index contributed by atoms with van der Waals surface area (Å²) in [5, 5.41) is 0. The molecule has 0 aliphatic carbocycles. The first-order valence-corrected chi connectivity index (χ1v) is 4.09. The highest BCUT2D eigenvalue weighted by Crippen LogP contribution is 2.04. The van der Waals surface area contributed by atoms with Crippen LogP contribution in [0.3, 0.4) is 0 Å². The average molecular weight is 166 g/mol. The summed E-state index contributed by atoms with van der Waals surface area (Å²) < 4.78 is 1.87. The molecular weight excluding hydrogens is 152 g/mol. The van der Waals surface area contributed by atoms with E-state index in [4.69, 9.17) is 5.73 Å². The lowest BCUT2D eigenvalue weighted by molar-refractivity contribution is 0.0981. The largest absolute Gasteiger partial charge is 0.357 e. The summed E-state index contributed by atoms with van der Waals surface area (Å²) in [5.41, 5.74) is 6.09. The number of carbonyl (C=O) groups excluding carboxylic acids is 1. The summed E-state index contributed by atoms with van der Waals surface area (Å²) >= 11 is 0. The maximum absolute atomic E-state index is 11.3. The Balaban J connectivity index is 2.53. The number of carbonyl (C=O) groups is 1. The summed E-state index contributed by atoms with van der Waals surface area (Å²) in [6.45, 7) is 0.582. The van der Waals surface area contributed by atoms with Crippen molar-refractivity contribution >= 4 is 5.78 Å². The minimum absolute atomic E-state index is 0.182. The number of hydrogen-bond donors (Lipinski definition) is 1. The third-order valence-corrected chi connectivity index (χ3v) is 1.76. The minimum atomic E-state index is 0.182. The van der Waals surface area contributed by atoms with Crippen LogP contribution in [0.25, 0.3) is 0 Å². The fourth-order valence-corrected chi connectivity index (χ4v) is 1.08. The van der Waals surface area contributed by atoms with Gasteiger partial charge in [-0.15, -0.1) is 0 Å². The molecule has 0 aliphatic heterocycles. The molecular formula is C9H14N2O. The summed E-state index contributed by atoms with van der Waals surface area (Å²) in [4.78, 5) is 11.3. The second kappa shape index (κ2) is 4.07. The van der Waals surface area contributed by atoms with E-state index in [9.17, 15) is 4.79 Å². The zero-order valence-electron chi connectivity index (χ0n) is 7.29. The number of rotatable bonds is 4. The highest BCUT2D eigenvalue weighted by molar-refractivity contribution is 5.95. The Morgan fingerprint density at radius 3 is 2.92 bits per heavy atom. The van der Waals surface area contributed by atoms with Gasteiger partial charge < -0.3 is 10.3 Å². The molecule has 3 nitrogen and oxygen atoms in total. The van der Waals surface area contributed by atoms with Gasteiger partial charge in [0.05, 0.1) is 0 Å². The predicted molar refractivity (Wildman–Crippen MR) is 48.0 cm³/mol. The van der Waals surface area contributed by atoms with Crippen molar-refractivity contribution in [2.75, 3.05) is 6.54 Å². The Kier molecular flexibility index (Phi) is 3.05. The molecule has 2 N–H and O–H groups in total. The molecule has 0 atom stereocenters. The number of aryl methyl sites for hydroxylation is 1. The van der Waals surface area contributed by atoms with Gasteiger partial charge in [-0.25, -0.2) is 0 Å². The van der Waals surface area contributed by atoms with Crippen LogP contribution in [-0.4, -0.2) is 16.9 Å². The Morgan fingerprint density at radius 2 is 2.42 bits per heavy atom. The molecule has 1 rings (SSSR count). The molecule has 66 valence electrons. The van der Waals surface area contributed by atoms with Crippen molar-refractivity contribution in [3.8, 4) is 0 Å². The molecule has 0 saturated heterocycles. The molecule has 0 bridgehead atoms. The third kappa shape index (κ3) is 2.20. The molecule has 3 heteroatoms. The van der Waals surface area contributed by atoms with E-state index >= 15 is 0 Å². The van der Waals surface area contributed by atoms with Crippen molar-refractivity contribution in [2.24, 2.45) is 12.8 Å². The fraction of sp³-hybridized carbons (Fsp3) is 0.444. The van der Waals surface area contributed by atoms with Crippen LogP contribution < -0.4 is 5.73 Å². The summed E-state index contributed by atoms with van der Waals surface area (Å²) in [7, 11) is 1.90. The van der Waals surface area contributed by atoms with E-state index in [2.05, 4.69) is 0 Å². The van der Waals surface area contributed by atoms with Gasteiger partial charge >= 0.3 is 0 Å². The number of nitrogens with zero attached hydrogens (tertiary/aromatic N) is 1. The first kappa shape index (κ1) is 9.00. The molecule has 0 saturated carbocycles. The van der Waals surface area contributed by atoms with Crippen LogP contribution in [0.15, 0.2) is 18.5 Å². The first-order chi connectivity index (χ1) is 5.74. The second-order valence-corrected chi connectivity index (χ2v) is 2.88. The van der Waals surface area contributed by atoms with Gasteiger partial charge in [0.25, 0.3) is 0 Å². The molecule has 1 aromatic heterocycles. The number of hydrogen-bond acceptors (Lipinski definition) is 2. The SMILES string of the molecule is Cn1ccc(C(=O)CCCN)c1.